The highest BCUT2D eigenvalue weighted by molar-refractivity contribution is 7.59. The molecular weight excluding hydrogens is 251 g/mol. The van der Waals surface area contributed by atoms with Crippen molar-refractivity contribution >= 4 is 7.92 Å². The van der Waals surface area contributed by atoms with E-state index in [1.54, 1.807) is 0 Å². The molecule has 0 aromatic rings. The molecule has 0 aromatic heterocycles. The summed E-state index contributed by atoms with van der Waals surface area (Å²) in [7, 11) is 0.0889. The van der Waals surface area contributed by atoms with Crippen molar-refractivity contribution in [3.05, 3.63) is 0 Å². The summed E-state index contributed by atoms with van der Waals surface area (Å²) in [5, 5.41) is 10.6. The van der Waals surface area contributed by atoms with Crippen LogP contribution in [-0.4, -0.2) is 28.7 Å². The Morgan fingerprint density at radius 2 is 1.79 bits per heavy atom. The number of hydrogen-bond acceptors (Lipinski definition) is 1. The molecule has 19 heavy (non-hydrogen) atoms. The van der Waals surface area contributed by atoms with Crippen LogP contribution in [0.4, 0.5) is 0 Å². The molecule has 0 bridgehead atoms. The molecule has 1 nitrogen and oxygen atoms in total. The molecule has 0 aromatic carbocycles. The average Bonchev–Trinajstić information content (AvgIpc) is 2.35. The minimum Gasteiger partial charge on any atom is -0.393 e. The molecule has 1 saturated carbocycles. The minimum atomic E-state index is 0.0215. The zero-order valence-electron chi connectivity index (χ0n) is 13.2. The Morgan fingerprint density at radius 1 is 1.05 bits per heavy atom. The Bertz CT molecular complexity index is 353. The van der Waals surface area contributed by atoms with Crippen molar-refractivity contribution in [3.8, 4) is 0 Å². The third-order valence-corrected chi connectivity index (χ3v) is 10.8. The van der Waals surface area contributed by atoms with E-state index < -0.39 is 0 Å². The highest BCUT2D eigenvalue weighted by Gasteiger charge is 2.54. The van der Waals surface area contributed by atoms with E-state index in [0.717, 1.165) is 30.3 Å². The van der Waals surface area contributed by atoms with Gasteiger partial charge in [0.2, 0.25) is 0 Å². The standard InChI is InChI=1S/C17H31OP/c1-12-14-7-10-19-11-13(18)5-9-17(19,4)15(14)6-8-16(12,2)3/h12-15,18H,5-11H2,1-4H3. The normalized spacial score (nSPS) is 53.2. The van der Waals surface area contributed by atoms with E-state index in [0.29, 0.717) is 10.6 Å². The van der Waals surface area contributed by atoms with Crippen LogP contribution in [0.5, 0.6) is 0 Å². The molecule has 2 saturated heterocycles. The number of rotatable bonds is 0. The van der Waals surface area contributed by atoms with Crippen LogP contribution in [0.1, 0.15) is 59.8 Å². The van der Waals surface area contributed by atoms with E-state index in [9.17, 15) is 5.11 Å². The van der Waals surface area contributed by atoms with Crippen LogP contribution >= 0.6 is 7.92 Å². The van der Waals surface area contributed by atoms with E-state index >= 15 is 0 Å². The minimum absolute atomic E-state index is 0.0215. The van der Waals surface area contributed by atoms with Crippen LogP contribution in [-0.2, 0) is 0 Å². The Hall–Kier alpha value is 0.390. The molecular formula is C17H31OP. The maximum Gasteiger partial charge on any atom is 0.0579 e. The van der Waals surface area contributed by atoms with Gasteiger partial charge in [-0.3, -0.25) is 0 Å². The number of fused-ring (bicyclic) bond motifs is 3. The number of aliphatic hydroxyl groups excluding tert-OH is 1. The molecule has 0 spiro atoms. The maximum absolute atomic E-state index is 10.0. The summed E-state index contributed by atoms with van der Waals surface area (Å²) in [5.41, 5.74) is 0.547. The second kappa shape index (κ2) is 4.70. The van der Waals surface area contributed by atoms with E-state index in [-0.39, 0.29) is 14.0 Å². The van der Waals surface area contributed by atoms with Gasteiger partial charge in [-0.05, 0) is 72.8 Å². The molecule has 3 fully saturated rings. The first-order valence-corrected chi connectivity index (χ1v) is 9.99. The lowest BCUT2D eigenvalue weighted by atomic mass is 9.56. The van der Waals surface area contributed by atoms with Crippen molar-refractivity contribution in [3.63, 3.8) is 0 Å². The van der Waals surface area contributed by atoms with Crippen LogP contribution in [0, 0.1) is 23.2 Å². The predicted molar refractivity (Wildman–Crippen MR) is 84.1 cm³/mol. The van der Waals surface area contributed by atoms with Crippen molar-refractivity contribution in [2.75, 3.05) is 12.3 Å². The molecule has 1 aliphatic carbocycles. The molecule has 110 valence electrons. The average molecular weight is 282 g/mol. The van der Waals surface area contributed by atoms with Crippen LogP contribution in [0.15, 0.2) is 0 Å². The Balaban J connectivity index is 1.85. The van der Waals surface area contributed by atoms with Gasteiger partial charge < -0.3 is 5.11 Å². The zero-order valence-corrected chi connectivity index (χ0v) is 14.0. The first-order valence-electron chi connectivity index (χ1n) is 8.28. The van der Waals surface area contributed by atoms with Crippen LogP contribution in [0.25, 0.3) is 0 Å². The molecule has 6 atom stereocenters. The van der Waals surface area contributed by atoms with Gasteiger partial charge in [-0.2, -0.15) is 0 Å². The van der Waals surface area contributed by atoms with Crippen molar-refractivity contribution in [2.24, 2.45) is 23.2 Å². The lowest BCUT2D eigenvalue weighted by Gasteiger charge is -2.60. The summed E-state index contributed by atoms with van der Waals surface area (Å²) in [6, 6.07) is 0. The quantitative estimate of drug-likeness (QED) is 0.650. The maximum atomic E-state index is 10.0. The van der Waals surface area contributed by atoms with Gasteiger partial charge in [-0.1, -0.05) is 35.6 Å². The van der Waals surface area contributed by atoms with Gasteiger partial charge in [0.05, 0.1) is 6.10 Å². The zero-order chi connectivity index (χ0) is 13.8. The summed E-state index contributed by atoms with van der Waals surface area (Å²) < 4.78 is 0. The van der Waals surface area contributed by atoms with E-state index in [1.807, 2.05) is 0 Å². The lowest BCUT2D eigenvalue weighted by molar-refractivity contribution is 0.00999. The van der Waals surface area contributed by atoms with Crippen molar-refractivity contribution < 1.29 is 5.11 Å². The Labute approximate surface area is 120 Å². The lowest BCUT2D eigenvalue weighted by Crippen LogP contribution is -2.52. The molecule has 1 N–H and O–H groups in total. The Kier molecular flexibility index (Phi) is 3.55. The smallest absolute Gasteiger partial charge is 0.0579 e. The van der Waals surface area contributed by atoms with Crippen LogP contribution in [0.3, 0.4) is 0 Å². The predicted octanol–water partition coefficient (Wildman–Crippen LogP) is 4.47. The summed E-state index contributed by atoms with van der Waals surface area (Å²) in [4.78, 5) is 0. The van der Waals surface area contributed by atoms with Gasteiger partial charge >= 0.3 is 0 Å². The van der Waals surface area contributed by atoms with Crippen LogP contribution < -0.4 is 0 Å². The fourth-order valence-corrected chi connectivity index (χ4v) is 9.01. The van der Waals surface area contributed by atoms with Gasteiger partial charge in [0, 0.05) is 0 Å². The van der Waals surface area contributed by atoms with Crippen molar-refractivity contribution in [1.29, 1.82) is 0 Å². The summed E-state index contributed by atoms with van der Waals surface area (Å²) in [6.07, 6.45) is 9.28. The SMILES string of the molecule is CC1C2CCP3CC(O)CCC3(C)C2CCC1(C)C. The van der Waals surface area contributed by atoms with Crippen molar-refractivity contribution in [1.82, 2.24) is 0 Å². The monoisotopic (exact) mass is 282 g/mol. The summed E-state index contributed by atoms with van der Waals surface area (Å²) >= 11 is 0. The summed E-state index contributed by atoms with van der Waals surface area (Å²) in [5.74, 6) is 2.80. The Morgan fingerprint density at radius 3 is 2.53 bits per heavy atom. The highest BCUT2D eigenvalue weighted by atomic mass is 31.1. The first kappa shape index (κ1) is 14.3. The summed E-state index contributed by atoms with van der Waals surface area (Å²) in [6.45, 7) is 10.1. The first-order chi connectivity index (χ1) is 8.84. The van der Waals surface area contributed by atoms with E-state index in [2.05, 4.69) is 27.7 Å². The molecule has 0 amide bonds. The fraction of sp³-hybridized carbons (Fsp3) is 1.00. The molecule has 3 aliphatic rings. The third-order valence-electron chi connectivity index (χ3n) is 7.16. The van der Waals surface area contributed by atoms with E-state index in [1.165, 1.54) is 31.8 Å². The largest absolute Gasteiger partial charge is 0.393 e. The molecule has 2 heterocycles. The second-order valence-corrected chi connectivity index (χ2v) is 11.3. The molecule has 2 aliphatic heterocycles. The van der Waals surface area contributed by atoms with Gasteiger partial charge in [0.1, 0.15) is 0 Å². The third kappa shape index (κ3) is 2.20. The van der Waals surface area contributed by atoms with Crippen molar-refractivity contribution in [2.45, 2.75) is 71.1 Å². The molecule has 3 rings (SSSR count). The number of hydrogen-bond donors (Lipinski definition) is 1. The molecule has 6 unspecified atom stereocenters. The molecule has 0 radical (unpaired) electrons. The second-order valence-electron chi connectivity index (χ2n) is 8.37. The topological polar surface area (TPSA) is 20.2 Å². The molecule has 2 heteroatoms. The fourth-order valence-electron chi connectivity index (χ4n) is 5.36. The van der Waals surface area contributed by atoms with E-state index in [4.69, 9.17) is 0 Å². The van der Waals surface area contributed by atoms with Gasteiger partial charge in [0.15, 0.2) is 0 Å². The van der Waals surface area contributed by atoms with Gasteiger partial charge in [-0.15, -0.1) is 0 Å². The van der Waals surface area contributed by atoms with Crippen LogP contribution in [0.2, 0.25) is 0 Å². The van der Waals surface area contributed by atoms with Gasteiger partial charge in [0.25, 0.3) is 0 Å². The number of aliphatic hydroxyl groups is 1. The highest BCUT2D eigenvalue weighted by Crippen LogP contribution is 2.68. The van der Waals surface area contributed by atoms with Gasteiger partial charge in [-0.25, -0.2) is 0 Å².